The molecule has 2 aromatic carbocycles. The van der Waals surface area contributed by atoms with E-state index in [0.717, 1.165) is 0 Å². The molecule has 0 radical (unpaired) electrons. The summed E-state index contributed by atoms with van der Waals surface area (Å²) in [5.41, 5.74) is 3.62. The van der Waals surface area contributed by atoms with Crippen molar-refractivity contribution in [2.45, 2.75) is 12.5 Å². The lowest BCUT2D eigenvalue weighted by molar-refractivity contribution is 0.524. The van der Waals surface area contributed by atoms with Crippen LogP contribution in [0.5, 0.6) is 0 Å². The first-order valence-corrected chi connectivity index (χ1v) is 7.03. The highest BCUT2D eigenvalue weighted by molar-refractivity contribution is 9.10. The van der Waals surface area contributed by atoms with Crippen LogP contribution >= 0.6 is 27.5 Å². The Hall–Kier alpha value is -1.01. The monoisotopic (exact) mass is 360 g/mol. The Balaban J connectivity index is 2.28. The van der Waals surface area contributed by atoms with E-state index in [1.807, 2.05) is 0 Å². The SMILES string of the molecule is NNC(Cc1cc(Cl)ccc1F)c1ccc(Br)c(F)c1. The van der Waals surface area contributed by atoms with Crippen LogP contribution in [0.15, 0.2) is 40.9 Å². The first kappa shape index (κ1) is 15.4. The highest BCUT2D eigenvalue weighted by atomic mass is 79.9. The molecule has 6 heteroatoms. The maximum absolute atomic E-state index is 13.7. The molecule has 20 heavy (non-hydrogen) atoms. The summed E-state index contributed by atoms with van der Waals surface area (Å²) >= 11 is 8.94. The summed E-state index contributed by atoms with van der Waals surface area (Å²) < 4.78 is 27.6. The van der Waals surface area contributed by atoms with Crippen molar-refractivity contribution in [1.82, 2.24) is 5.43 Å². The molecule has 106 valence electrons. The van der Waals surface area contributed by atoms with Crippen molar-refractivity contribution in [2.24, 2.45) is 5.84 Å². The summed E-state index contributed by atoms with van der Waals surface area (Å²) in [7, 11) is 0. The van der Waals surface area contributed by atoms with Crippen LogP contribution < -0.4 is 11.3 Å². The van der Waals surface area contributed by atoms with Gasteiger partial charge in [-0.3, -0.25) is 11.3 Å². The van der Waals surface area contributed by atoms with Gasteiger partial charge in [-0.15, -0.1) is 0 Å². The van der Waals surface area contributed by atoms with E-state index in [4.69, 9.17) is 17.4 Å². The van der Waals surface area contributed by atoms with Gasteiger partial charge in [0, 0.05) is 5.02 Å². The van der Waals surface area contributed by atoms with Crippen LogP contribution in [0.4, 0.5) is 8.78 Å². The predicted molar refractivity (Wildman–Crippen MR) is 79.3 cm³/mol. The smallest absolute Gasteiger partial charge is 0.137 e. The molecule has 2 nitrogen and oxygen atoms in total. The molecule has 1 unspecified atom stereocenters. The van der Waals surface area contributed by atoms with Gasteiger partial charge in [-0.2, -0.15) is 0 Å². The van der Waals surface area contributed by atoms with Gasteiger partial charge < -0.3 is 0 Å². The van der Waals surface area contributed by atoms with Gasteiger partial charge in [-0.25, -0.2) is 8.78 Å². The van der Waals surface area contributed by atoms with Gasteiger partial charge in [0.05, 0.1) is 10.5 Å². The molecule has 0 spiro atoms. The summed E-state index contributed by atoms with van der Waals surface area (Å²) in [6, 6.07) is 8.57. The second-order valence-electron chi connectivity index (χ2n) is 4.33. The van der Waals surface area contributed by atoms with Gasteiger partial charge in [0.2, 0.25) is 0 Å². The van der Waals surface area contributed by atoms with Gasteiger partial charge in [-0.1, -0.05) is 17.7 Å². The van der Waals surface area contributed by atoms with Crippen LogP contribution in [0.3, 0.4) is 0 Å². The molecule has 3 N–H and O–H groups in total. The maximum atomic E-state index is 13.7. The molecule has 0 saturated heterocycles. The Morgan fingerprint density at radius 1 is 1.15 bits per heavy atom. The van der Waals surface area contributed by atoms with E-state index in [1.54, 1.807) is 12.1 Å². The van der Waals surface area contributed by atoms with Crippen molar-refractivity contribution >= 4 is 27.5 Å². The number of nitrogens with two attached hydrogens (primary N) is 1. The maximum Gasteiger partial charge on any atom is 0.137 e. The van der Waals surface area contributed by atoms with Crippen LogP contribution in [0.2, 0.25) is 5.02 Å². The minimum absolute atomic E-state index is 0.268. The second kappa shape index (κ2) is 6.63. The fraction of sp³-hybridized carbons (Fsp3) is 0.143. The number of hydrogen-bond acceptors (Lipinski definition) is 2. The number of rotatable bonds is 4. The average molecular weight is 362 g/mol. The molecule has 1 atom stereocenters. The zero-order valence-electron chi connectivity index (χ0n) is 10.3. The van der Waals surface area contributed by atoms with E-state index >= 15 is 0 Å². The van der Waals surface area contributed by atoms with E-state index in [2.05, 4.69) is 21.4 Å². The summed E-state index contributed by atoms with van der Waals surface area (Å²) in [6.07, 6.45) is 0.268. The molecule has 0 fully saturated rings. The lowest BCUT2D eigenvalue weighted by Gasteiger charge is -2.17. The van der Waals surface area contributed by atoms with Gasteiger partial charge in [-0.05, 0) is 63.8 Å². The fourth-order valence-electron chi connectivity index (χ4n) is 1.92. The Kier molecular flexibility index (Phi) is 5.10. The van der Waals surface area contributed by atoms with E-state index in [9.17, 15) is 8.78 Å². The van der Waals surface area contributed by atoms with Crippen molar-refractivity contribution in [3.8, 4) is 0 Å². The number of halogens is 4. The molecule has 0 aliphatic heterocycles. The fourth-order valence-corrected chi connectivity index (χ4v) is 2.36. The molecule has 0 aliphatic rings. The first-order chi connectivity index (χ1) is 9.51. The summed E-state index contributed by atoms with van der Waals surface area (Å²) in [5.74, 6) is 4.73. The molecule has 0 bridgehead atoms. The summed E-state index contributed by atoms with van der Waals surface area (Å²) in [5, 5.41) is 0.444. The minimum atomic E-state index is -0.412. The van der Waals surface area contributed by atoms with Gasteiger partial charge >= 0.3 is 0 Å². The van der Waals surface area contributed by atoms with Crippen molar-refractivity contribution in [3.63, 3.8) is 0 Å². The van der Waals surface area contributed by atoms with Crippen LogP contribution in [0, 0.1) is 11.6 Å². The lowest BCUT2D eigenvalue weighted by atomic mass is 9.99. The van der Waals surface area contributed by atoms with E-state index in [1.165, 1.54) is 24.3 Å². The van der Waals surface area contributed by atoms with Crippen molar-refractivity contribution in [1.29, 1.82) is 0 Å². The molecule has 2 aromatic rings. The Bertz CT molecular complexity index is 622. The highest BCUT2D eigenvalue weighted by Crippen LogP contribution is 2.25. The zero-order chi connectivity index (χ0) is 14.7. The number of benzene rings is 2. The van der Waals surface area contributed by atoms with E-state index in [0.29, 0.717) is 20.6 Å². The van der Waals surface area contributed by atoms with Crippen LogP contribution in [0.1, 0.15) is 17.2 Å². The molecular formula is C14H12BrClF2N2. The van der Waals surface area contributed by atoms with Gasteiger partial charge in [0.25, 0.3) is 0 Å². The number of hydrazine groups is 1. The highest BCUT2D eigenvalue weighted by Gasteiger charge is 2.15. The summed E-state index contributed by atoms with van der Waals surface area (Å²) in [4.78, 5) is 0. The minimum Gasteiger partial charge on any atom is -0.271 e. The largest absolute Gasteiger partial charge is 0.271 e. The Morgan fingerprint density at radius 2 is 1.90 bits per heavy atom. The van der Waals surface area contributed by atoms with Gasteiger partial charge in [0.15, 0.2) is 0 Å². The second-order valence-corrected chi connectivity index (χ2v) is 5.62. The molecule has 2 rings (SSSR count). The van der Waals surface area contributed by atoms with Crippen molar-refractivity contribution in [2.75, 3.05) is 0 Å². The average Bonchev–Trinajstić information content (AvgIpc) is 2.43. The van der Waals surface area contributed by atoms with Crippen LogP contribution in [-0.2, 0) is 6.42 Å². The number of hydrogen-bond donors (Lipinski definition) is 2. The van der Waals surface area contributed by atoms with Crippen LogP contribution in [0.25, 0.3) is 0 Å². The van der Waals surface area contributed by atoms with Crippen molar-refractivity contribution < 1.29 is 8.78 Å². The lowest BCUT2D eigenvalue weighted by Crippen LogP contribution is -2.29. The third-order valence-corrected chi connectivity index (χ3v) is 3.86. The Morgan fingerprint density at radius 3 is 2.55 bits per heavy atom. The van der Waals surface area contributed by atoms with Crippen molar-refractivity contribution in [3.05, 3.63) is 68.7 Å². The third-order valence-electron chi connectivity index (χ3n) is 2.98. The van der Waals surface area contributed by atoms with E-state index in [-0.39, 0.29) is 12.2 Å². The number of nitrogens with one attached hydrogen (secondary N) is 1. The third kappa shape index (κ3) is 3.55. The first-order valence-electron chi connectivity index (χ1n) is 5.86. The zero-order valence-corrected chi connectivity index (χ0v) is 12.7. The topological polar surface area (TPSA) is 38.0 Å². The van der Waals surface area contributed by atoms with Crippen LogP contribution in [-0.4, -0.2) is 0 Å². The predicted octanol–water partition coefficient (Wildman–Crippen LogP) is 4.13. The molecule has 0 amide bonds. The molecule has 0 heterocycles. The molecular weight excluding hydrogens is 350 g/mol. The standard InChI is InChI=1S/C14H12BrClF2N2/c15-11-3-1-8(6-13(11)18)14(20-19)7-9-5-10(16)2-4-12(9)17/h1-6,14,20H,7,19H2. The normalized spacial score (nSPS) is 12.4. The molecule has 0 aliphatic carbocycles. The quantitative estimate of drug-likeness (QED) is 0.635. The van der Waals surface area contributed by atoms with Gasteiger partial charge in [0.1, 0.15) is 11.6 Å². The molecule has 0 aromatic heterocycles. The Labute approximate surface area is 129 Å². The van der Waals surface area contributed by atoms with E-state index < -0.39 is 11.9 Å². The summed E-state index contributed by atoms with van der Waals surface area (Å²) in [6.45, 7) is 0. The molecule has 0 saturated carbocycles.